The quantitative estimate of drug-likeness (QED) is 0.771. The third-order valence-corrected chi connectivity index (χ3v) is 5.21. The van der Waals surface area contributed by atoms with Crippen LogP contribution >= 0.6 is 11.3 Å². The second kappa shape index (κ2) is 7.57. The van der Waals surface area contributed by atoms with Crippen LogP contribution in [0.3, 0.4) is 0 Å². The molecule has 0 saturated heterocycles. The molecule has 0 spiro atoms. The van der Waals surface area contributed by atoms with E-state index in [0.29, 0.717) is 6.54 Å². The second-order valence-corrected chi connectivity index (χ2v) is 6.99. The number of carboxylic acid groups (broad SMARTS) is 1. The van der Waals surface area contributed by atoms with E-state index in [0.717, 1.165) is 28.8 Å². The molecule has 2 N–H and O–H groups in total. The summed E-state index contributed by atoms with van der Waals surface area (Å²) in [4.78, 5) is 33.0. The van der Waals surface area contributed by atoms with Crippen molar-refractivity contribution in [2.45, 2.75) is 45.1 Å². The summed E-state index contributed by atoms with van der Waals surface area (Å²) in [5.41, 5.74) is 0.823. The Labute approximate surface area is 143 Å². The summed E-state index contributed by atoms with van der Waals surface area (Å²) >= 11 is 1.77. The highest BCUT2D eigenvalue weighted by molar-refractivity contribution is 7.11. The number of nitrogens with one attached hydrogen (secondary N) is 1. The van der Waals surface area contributed by atoms with Gasteiger partial charge in [0.2, 0.25) is 0 Å². The molecule has 0 aromatic carbocycles. The van der Waals surface area contributed by atoms with Gasteiger partial charge in [0.15, 0.2) is 5.82 Å². The minimum atomic E-state index is -1.06. The molecule has 0 aliphatic heterocycles. The first-order valence-electron chi connectivity index (χ1n) is 8.12. The lowest BCUT2D eigenvalue weighted by atomic mass is 10.2. The largest absolute Gasteiger partial charge is 0.480 e. The fourth-order valence-electron chi connectivity index (χ4n) is 2.82. The maximum atomic E-state index is 12.1. The van der Waals surface area contributed by atoms with E-state index < -0.39 is 11.5 Å². The highest BCUT2D eigenvalue weighted by Gasteiger charge is 2.14. The summed E-state index contributed by atoms with van der Waals surface area (Å²) in [5.74, 6) is -0.879. The van der Waals surface area contributed by atoms with Gasteiger partial charge < -0.3 is 10.4 Å². The van der Waals surface area contributed by atoms with Gasteiger partial charge >= 0.3 is 5.97 Å². The van der Waals surface area contributed by atoms with Gasteiger partial charge in [-0.15, -0.1) is 11.3 Å². The van der Waals surface area contributed by atoms with Crippen molar-refractivity contribution in [3.05, 3.63) is 38.3 Å². The van der Waals surface area contributed by atoms with Gasteiger partial charge in [0.1, 0.15) is 6.54 Å². The Morgan fingerprint density at radius 2 is 2.17 bits per heavy atom. The lowest BCUT2D eigenvalue weighted by Gasteiger charge is -2.06. The SMILES string of the molecule is O=C(O)Cn1ccnc(NCCc2nc3c(s2)CCCCC3)c1=O. The zero-order valence-electron chi connectivity index (χ0n) is 13.3. The van der Waals surface area contributed by atoms with Gasteiger partial charge in [-0.05, 0) is 25.7 Å². The number of anilines is 1. The molecule has 0 saturated carbocycles. The highest BCUT2D eigenvalue weighted by atomic mass is 32.1. The van der Waals surface area contributed by atoms with Crippen LogP contribution in [-0.2, 0) is 30.6 Å². The summed E-state index contributed by atoms with van der Waals surface area (Å²) < 4.78 is 1.13. The Morgan fingerprint density at radius 1 is 1.33 bits per heavy atom. The summed E-state index contributed by atoms with van der Waals surface area (Å²) in [6.07, 6.45) is 9.46. The van der Waals surface area contributed by atoms with E-state index in [1.165, 1.54) is 42.2 Å². The third kappa shape index (κ3) is 4.00. The van der Waals surface area contributed by atoms with Crippen molar-refractivity contribution < 1.29 is 9.90 Å². The fourth-order valence-corrected chi connectivity index (χ4v) is 3.97. The topological polar surface area (TPSA) is 97.1 Å². The molecule has 0 bridgehead atoms. The van der Waals surface area contributed by atoms with Crippen LogP contribution in [-0.4, -0.2) is 32.2 Å². The maximum absolute atomic E-state index is 12.1. The number of rotatable bonds is 6. The number of fused-ring (bicyclic) bond motifs is 1. The molecule has 2 heterocycles. The molecule has 1 aliphatic rings. The molecular weight excluding hydrogens is 328 g/mol. The number of aromatic nitrogens is 3. The lowest BCUT2D eigenvalue weighted by Crippen LogP contribution is -2.27. The molecule has 8 heteroatoms. The molecule has 128 valence electrons. The molecule has 3 rings (SSSR count). The average molecular weight is 348 g/mol. The minimum absolute atomic E-state index is 0.178. The van der Waals surface area contributed by atoms with Gasteiger partial charge in [-0.1, -0.05) is 6.42 Å². The normalized spacial score (nSPS) is 14.0. The lowest BCUT2D eigenvalue weighted by molar-refractivity contribution is -0.137. The van der Waals surface area contributed by atoms with Crippen molar-refractivity contribution in [3.8, 4) is 0 Å². The molecule has 0 radical (unpaired) electrons. The van der Waals surface area contributed by atoms with Crippen molar-refractivity contribution in [1.82, 2.24) is 14.5 Å². The van der Waals surface area contributed by atoms with Gasteiger partial charge in [-0.25, -0.2) is 9.97 Å². The predicted molar refractivity (Wildman–Crippen MR) is 91.7 cm³/mol. The molecule has 0 unspecified atom stereocenters. The van der Waals surface area contributed by atoms with Crippen LogP contribution in [0.2, 0.25) is 0 Å². The van der Waals surface area contributed by atoms with Crippen LogP contribution in [0.1, 0.15) is 34.8 Å². The molecule has 2 aromatic heterocycles. The number of hydrogen-bond donors (Lipinski definition) is 2. The molecule has 0 fully saturated rings. The zero-order valence-corrected chi connectivity index (χ0v) is 14.1. The minimum Gasteiger partial charge on any atom is -0.480 e. The molecule has 2 aromatic rings. The number of nitrogens with zero attached hydrogens (tertiary/aromatic N) is 3. The summed E-state index contributed by atoms with van der Waals surface area (Å²) in [5, 5.41) is 12.9. The first-order chi connectivity index (χ1) is 11.6. The van der Waals surface area contributed by atoms with E-state index in [1.54, 1.807) is 11.3 Å². The van der Waals surface area contributed by atoms with Crippen molar-refractivity contribution in [1.29, 1.82) is 0 Å². The number of hydrogen-bond acceptors (Lipinski definition) is 6. The van der Waals surface area contributed by atoms with E-state index in [9.17, 15) is 9.59 Å². The fraction of sp³-hybridized carbons (Fsp3) is 0.500. The Bertz CT molecular complexity index is 760. The van der Waals surface area contributed by atoms with Crippen LogP contribution in [0, 0.1) is 0 Å². The van der Waals surface area contributed by atoms with Crippen LogP contribution < -0.4 is 10.9 Å². The van der Waals surface area contributed by atoms with E-state index in [4.69, 9.17) is 10.1 Å². The summed E-state index contributed by atoms with van der Waals surface area (Å²) in [6.45, 7) is 0.181. The van der Waals surface area contributed by atoms with Gasteiger partial charge in [-0.2, -0.15) is 0 Å². The average Bonchev–Trinajstić information content (AvgIpc) is 2.80. The van der Waals surface area contributed by atoms with Crippen LogP contribution in [0.15, 0.2) is 17.2 Å². The van der Waals surface area contributed by atoms with E-state index in [1.807, 2.05) is 0 Å². The second-order valence-electron chi connectivity index (χ2n) is 5.82. The van der Waals surface area contributed by atoms with Gasteiger partial charge in [0.05, 0.1) is 10.7 Å². The van der Waals surface area contributed by atoms with Crippen molar-refractivity contribution in [2.75, 3.05) is 11.9 Å². The van der Waals surface area contributed by atoms with Gasteiger partial charge in [0.25, 0.3) is 5.56 Å². The molecular formula is C16H20N4O3S. The van der Waals surface area contributed by atoms with Crippen molar-refractivity contribution >= 4 is 23.1 Å². The Balaban J connectivity index is 1.61. The summed E-state index contributed by atoms with van der Waals surface area (Å²) in [7, 11) is 0. The van der Waals surface area contributed by atoms with Crippen molar-refractivity contribution in [3.63, 3.8) is 0 Å². The third-order valence-electron chi connectivity index (χ3n) is 3.99. The van der Waals surface area contributed by atoms with Crippen LogP contribution in [0.4, 0.5) is 5.82 Å². The van der Waals surface area contributed by atoms with E-state index >= 15 is 0 Å². The van der Waals surface area contributed by atoms with Crippen molar-refractivity contribution in [2.24, 2.45) is 0 Å². The first-order valence-corrected chi connectivity index (χ1v) is 8.93. The zero-order chi connectivity index (χ0) is 16.9. The molecule has 0 atom stereocenters. The smallest absolute Gasteiger partial charge is 0.323 e. The molecule has 24 heavy (non-hydrogen) atoms. The number of aliphatic carboxylic acids is 1. The Morgan fingerprint density at radius 3 is 3.00 bits per heavy atom. The van der Waals surface area contributed by atoms with Crippen LogP contribution in [0.25, 0.3) is 0 Å². The molecule has 7 nitrogen and oxygen atoms in total. The number of aryl methyl sites for hydroxylation is 2. The predicted octanol–water partition coefficient (Wildman–Crippen LogP) is 1.71. The monoisotopic (exact) mass is 348 g/mol. The standard InChI is InChI=1S/C16H20N4O3S/c21-14(22)10-20-9-8-18-15(16(20)23)17-7-6-13-19-11-4-2-1-3-5-12(11)24-13/h8-9H,1-7,10H2,(H,17,18)(H,21,22). The van der Waals surface area contributed by atoms with E-state index in [-0.39, 0.29) is 12.4 Å². The first kappa shape index (κ1) is 16.6. The maximum Gasteiger partial charge on any atom is 0.323 e. The molecule has 0 amide bonds. The number of thiazole rings is 1. The summed E-state index contributed by atoms with van der Waals surface area (Å²) in [6, 6.07) is 0. The molecule has 1 aliphatic carbocycles. The number of carbonyl (C=O) groups is 1. The van der Waals surface area contributed by atoms with Crippen LogP contribution in [0.5, 0.6) is 0 Å². The Kier molecular flexibility index (Phi) is 5.24. The Hall–Kier alpha value is -2.22. The highest BCUT2D eigenvalue weighted by Crippen LogP contribution is 2.26. The van der Waals surface area contributed by atoms with Gasteiger partial charge in [-0.3, -0.25) is 14.2 Å². The van der Waals surface area contributed by atoms with E-state index in [2.05, 4.69) is 10.3 Å². The number of carboxylic acids is 1. The van der Waals surface area contributed by atoms with Gasteiger partial charge in [0, 0.05) is 30.2 Å².